The van der Waals surface area contributed by atoms with Crippen molar-refractivity contribution in [2.24, 2.45) is 0 Å². The molecule has 106 valence electrons. The van der Waals surface area contributed by atoms with Crippen LogP contribution in [0.15, 0.2) is 42.5 Å². The Hall–Kier alpha value is -2.16. The van der Waals surface area contributed by atoms with Gasteiger partial charge >= 0.3 is 0 Å². The summed E-state index contributed by atoms with van der Waals surface area (Å²) in [5.74, 6) is 0.872. The van der Waals surface area contributed by atoms with Gasteiger partial charge in [0.25, 0.3) is 0 Å². The summed E-state index contributed by atoms with van der Waals surface area (Å²) in [7, 11) is 1.68. The van der Waals surface area contributed by atoms with Crippen molar-refractivity contribution < 1.29 is 4.74 Å². The number of benzene rings is 2. The summed E-state index contributed by atoms with van der Waals surface area (Å²) in [4.78, 5) is 0. The molecule has 0 aliphatic carbocycles. The van der Waals surface area contributed by atoms with Crippen molar-refractivity contribution >= 4 is 11.4 Å². The predicted octanol–water partition coefficient (Wildman–Crippen LogP) is 3.84. The predicted molar refractivity (Wildman–Crippen MR) is 85.9 cm³/mol. The van der Waals surface area contributed by atoms with E-state index in [0.29, 0.717) is 0 Å². The molecule has 2 aromatic rings. The highest BCUT2D eigenvalue weighted by atomic mass is 16.5. The summed E-state index contributed by atoms with van der Waals surface area (Å²) >= 11 is 0. The molecule has 0 bridgehead atoms. The van der Waals surface area contributed by atoms with Crippen molar-refractivity contribution in [3.05, 3.63) is 53.6 Å². The summed E-state index contributed by atoms with van der Waals surface area (Å²) in [6.07, 6.45) is 0. The van der Waals surface area contributed by atoms with Gasteiger partial charge in [-0.2, -0.15) is 0 Å². The van der Waals surface area contributed by atoms with Gasteiger partial charge in [0, 0.05) is 30.5 Å². The molecule has 0 spiro atoms. The lowest BCUT2D eigenvalue weighted by Gasteiger charge is -2.11. The number of hydrogen-bond acceptors (Lipinski definition) is 3. The van der Waals surface area contributed by atoms with Crippen molar-refractivity contribution in [1.82, 2.24) is 0 Å². The van der Waals surface area contributed by atoms with Crippen molar-refractivity contribution in [2.75, 3.05) is 30.8 Å². The Morgan fingerprint density at radius 2 is 1.55 bits per heavy atom. The Kier molecular flexibility index (Phi) is 4.88. The van der Waals surface area contributed by atoms with E-state index in [-0.39, 0.29) is 0 Å². The lowest BCUT2D eigenvalue weighted by molar-refractivity contribution is 0.415. The summed E-state index contributed by atoms with van der Waals surface area (Å²) in [5.41, 5.74) is 4.88. The molecule has 0 heterocycles. The molecule has 2 rings (SSSR count). The van der Waals surface area contributed by atoms with Crippen LogP contribution in [0, 0.1) is 13.8 Å². The molecular formula is C17H22N2O. The summed E-state index contributed by atoms with van der Waals surface area (Å²) in [6, 6.07) is 14.4. The number of ether oxygens (including phenoxy) is 1. The maximum absolute atomic E-state index is 5.20. The Morgan fingerprint density at radius 3 is 2.20 bits per heavy atom. The lowest BCUT2D eigenvalue weighted by Crippen LogP contribution is -2.13. The zero-order valence-corrected chi connectivity index (χ0v) is 12.4. The minimum atomic E-state index is 0.861. The molecule has 0 amide bonds. The van der Waals surface area contributed by atoms with Gasteiger partial charge in [-0.3, -0.25) is 0 Å². The third-order valence-electron chi connectivity index (χ3n) is 3.36. The van der Waals surface area contributed by atoms with E-state index in [9.17, 15) is 0 Å². The molecule has 0 unspecified atom stereocenters. The van der Waals surface area contributed by atoms with Crippen LogP contribution in [0.25, 0.3) is 0 Å². The summed E-state index contributed by atoms with van der Waals surface area (Å²) in [6.45, 7) is 6.00. The van der Waals surface area contributed by atoms with Crippen LogP contribution in [0.3, 0.4) is 0 Å². The van der Waals surface area contributed by atoms with E-state index in [1.54, 1.807) is 7.11 Å². The Morgan fingerprint density at radius 1 is 0.850 bits per heavy atom. The van der Waals surface area contributed by atoms with E-state index in [4.69, 9.17) is 4.74 Å². The van der Waals surface area contributed by atoms with Gasteiger partial charge in [-0.25, -0.2) is 0 Å². The third-order valence-corrected chi connectivity index (χ3v) is 3.36. The van der Waals surface area contributed by atoms with Gasteiger partial charge in [-0.1, -0.05) is 12.1 Å². The molecule has 20 heavy (non-hydrogen) atoms. The first-order valence-electron chi connectivity index (χ1n) is 6.88. The molecule has 0 saturated heterocycles. The SMILES string of the molecule is COc1cccc(NCCNc2ccc(C)c(C)c2)c1. The topological polar surface area (TPSA) is 33.3 Å². The molecule has 0 atom stereocenters. The van der Waals surface area contributed by atoms with Crippen LogP contribution in [-0.4, -0.2) is 20.2 Å². The standard InChI is InChI=1S/C17H22N2O/c1-13-7-8-16(11-14(13)2)19-10-9-18-15-5-4-6-17(12-15)20-3/h4-8,11-12,18-19H,9-10H2,1-3H3. The normalized spacial score (nSPS) is 10.2. The van der Waals surface area contributed by atoms with E-state index in [2.05, 4.69) is 42.7 Å². The number of aryl methyl sites for hydroxylation is 2. The average Bonchev–Trinajstić information content (AvgIpc) is 2.47. The van der Waals surface area contributed by atoms with Crippen molar-refractivity contribution in [1.29, 1.82) is 0 Å². The number of nitrogens with one attached hydrogen (secondary N) is 2. The first kappa shape index (κ1) is 14.3. The van der Waals surface area contributed by atoms with Crippen molar-refractivity contribution in [2.45, 2.75) is 13.8 Å². The molecule has 0 radical (unpaired) electrons. The second kappa shape index (κ2) is 6.85. The van der Waals surface area contributed by atoms with Crippen LogP contribution in [0.5, 0.6) is 5.75 Å². The Labute approximate surface area is 121 Å². The smallest absolute Gasteiger partial charge is 0.120 e. The van der Waals surface area contributed by atoms with E-state index in [1.807, 2.05) is 24.3 Å². The quantitative estimate of drug-likeness (QED) is 0.783. The van der Waals surface area contributed by atoms with Crippen LogP contribution >= 0.6 is 0 Å². The maximum Gasteiger partial charge on any atom is 0.120 e. The average molecular weight is 270 g/mol. The number of anilines is 2. The fourth-order valence-electron chi connectivity index (χ4n) is 2.00. The zero-order chi connectivity index (χ0) is 14.4. The molecule has 0 fully saturated rings. The fourth-order valence-corrected chi connectivity index (χ4v) is 2.00. The van der Waals surface area contributed by atoms with Crippen LogP contribution in [-0.2, 0) is 0 Å². The van der Waals surface area contributed by atoms with Gasteiger partial charge in [0.1, 0.15) is 5.75 Å². The lowest BCUT2D eigenvalue weighted by atomic mass is 10.1. The molecule has 3 nitrogen and oxygen atoms in total. The number of methoxy groups -OCH3 is 1. The van der Waals surface area contributed by atoms with Crippen LogP contribution in [0.4, 0.5) is 11.4 Å². The molecule has 3 heteroatoms. The van der Waals surface area contributed by atoms with Gasteiger partial charge < -0.3 is 15.4 Å². The molecule has 0 aromatic heterocycles. The monoisotopic (exact) mass is 270 g/mol. The van der Waals surface area contributed by atoms with Crippen LogP contribution < -0.4 is 15.4 Å². The van der Waals surface area contributed by atoms with Gasteiger partial charge in [0.15, 0.2) is 0 Å². The third kappa shape index (κ3) is 3.92. The van der Waals surface area contributed by atoms with Crippen LogP contribution in [0.1, 0.15) is 11.1 Å². The Bertz CT molecular complexity index is 567. The molecule has 0 saturated carbocycles. The molecule has 0 aliphatic rings. The van der Waals surface area contributed by atoms with Gasteiger partial charge in [0.05, 0.1) is 7.11 Å². The molecule has 0 aliphatic heterocycles. The second-order valence-corrected chi connectivity index (χ2v) is 4.88. The van der Waals surface area contributed by atoms with Crippen molar-refractivity contribution in [3.8, 4) is 5.75 Å². The van der Waals surface area contributed by atoms with E-state index < -0.39 is 0 Å². The van der Waals surface area contributed by atoms with Gasteiger partial charge in [-0.15, -0.1) is 0 Å². The highest BCUT2D eigenvalue weighted by Gasteiger charge is 1.97. The van der Waals surface area contributed by atoms with Crippen molar-refractivity contribution in [3.63, 3.8) is 0 Å². The summed E-state index contributed by atoms with van der Waals surface area (Å²) < 4.78 is 5.20. The Balaban J connectivity index is 1.79. The molecular weight excluding hydrogens is 248 g/mol. The van der Waals surface area contributed by atoms with E-state index in [0.717, 1.165) is 24.5 Å². The minimum absolute atomic E-state index is 0.861. The summed E-state index contributed by atoms with van der Waals surface area (Å²) in [5, 5.41) is 6.79. The number of rotatable bonds is 6. The van der Waals surface area contributed by atoms with Gasteiger partial charge in [-0.05, 0) is 49.2 Å². The van der Waals surface area contributed by atoms with Crippen LogP contribution in [0.2, 0.25) is 0 Å². The van der Waals surface area contributed by atoms with Gasteiger partial charge in [0.2, 0.25) is 0 Å². The highest BCUT2D eigenvalue weighted by Crippen LogP contribution is 2.16. The zero-order valence-electron chi connectivity index (χ0n) is 12.4. The van der Waals surface area contributed by atoms with E-state index in [1.165, 1.54) is 16.8 Å². The minimum Gasteiger partial charge on any atom is -0.497 e. The van der Waals surface area contributed by atoms with E-state index >= 15 is 0 Å². The maximum atomic E-state index is 5.20. The molecule has 2 N–H and O–H groups in total. The fraction of sp³-hybridized carbons (Fsp3) is 0.294. The molecule has 2 aromatic carbocycles. The highest BCUT2D eigenvalue weighted by molar-refractivity contribution is 5.50. The second-order valence-electron chi connectivity index (χ2n) is 4.88. The first-order valence-corrected chi connectivity index (χ1v) is 6.88. The largest absolute Gasteiger partial charge is 0.497 e. The number of hydrogen-bond donors (Lipinski definition) is 2. The first-order chi connectivity index (χ1) is 9.69.